The Morgan fingerprint density at radius 3 is 2.38 bits per heavy atom. The lowest BCUT2D eigenvalue weighted by Crippen LogP contribution is -2.27. The summed E-state index contributed by atoms with van der Waals surface area (Å²) in [5, 5.41) is 3.47. The van der Waals surface area contributed by atoms with Crippen LogP contribution in [0.5, 0.6) is 5.75 Å². The summed E-state index contributed by atoms with van der Waals surface area (Å²) in [5.41, 5.74) is 0.864. The van der Waals surface area contributed by atoms with E-state index in [0.29, 0.717) is 27.0 Å². The second kappa shape index (κ2) is 8.04. The molecule has 0 radical (unpaired) electrons. The van der Waals surface area contributed by atoms with Crippen molar-refractivity contribution in [2.45, 2.75) is 0 Å². The third-order valence-corrected chi connectivity index (χ3v) is 3.71. The Hall–Kier alpha value is -2.24. The summed E-state index contributed by atoms with van der Waals surface area (Å²) in [6.45, 7) is -0.0448. The molecule has 7 heteroatoms. The van der Waals surface area contributed by atoms with E-state index in [0.717, 1.165) is 0 Å². The molecule has 1 N–H and O–H groups in total. The van der Waals surface area contributed by atoms with Crippen LogP contribution in [0.25, 0.3) is 0 Å². The lowest BCUT2D eigenvalue weighted by molar-refractivity contribution is -0.130. The normalized spacial score (nSPS) is 10.2. The van der Waals surface area contributed by atoms with Crippen LogP contribution in [0.3, 0.4) is 0 Å². The molecule has 126 valence electrons. The van der Waals surface area contributed by atoms with Crippen LogP contribution < -0.4 is 10.1 Å². The molecule has 0 aliphatic carbocycles. The lowest BCUT2D eigenvalue weighted by Gasteiger charge is -2.12. The fraction of sp³-hybridized carbons (Fsp3) is 0.176. The minimum Gasteiger partial charge on any atom is -0.484 e. The number of carbonyl (C=O) groups excluding carboxylic acids is 2. The molecule has 0 aliphatic rings. The quantitative estimate of drug-likeness (QED) is 0.877. The molecule has 24 heavy (non-hydrogen) atoms. The third kappa shape index (κ3) is 4.88. The first-order valence-electron chi connectivity index (χ1n) is 7.06. The largest absolute Gasteiger partial charge is 0.484 e. The molecule has 0 fully saturated rings. The molecule has 0 atom stereocenters. The van der Waals surface area contributed by atoms with E-state index in [4.69, 9.17) is 27.9 Å². The number of amides is 2. The van der Waals surface area contributed by atoms with Crippen LogP contribution in [0.1, 0.15) is 10.4 Å². The first-order valence-corrected chi connectivity index (χ1v) is 7.82. The minimum atomic E-state index is -0.362. The first kappa shape index (κ1) is 18.1. The highest BCUT2D eigenvalue weighted by Crippen LogP contribution is 2.22. The Morgan fingerprint density at radius 1 is 1.08 bits per heavy atom. The summed E-state index contributed by atoms with van der Waals surface area (Å²) < 4.78 is 5.37. The van der Waals surface area contributed by atoms with E-state index in [1.165, 1.54) is 11.0 Å². The van der Waals surface area contributed by atoms with Gasteiger partial charge in [0.2, 0.25) is 0 Å². The summed E-state index contributed by atoms with van der Waals surface area (Å²) in [7, 11) is 3.32. The Balaban J connectivity index is 1.99. The van der Waals surface area contributed by atoms with E-state index in [9.17, 15) is 9.59 Å². The van der Waals surface area contributed by atoms with Crippen LogP contribution in [0, 0.1) is 0 Å². The number of ether oxygens (including phenoxy) is 1. The highest BCUT2D eigenvalue weighted by atomic mass is 35.5. The van der Waals surface area contributed by atoms with Crippen molar-refractivity contribution in [1.29, 1.82) is 0 Å². The molecule has 0 spiro atoms. The van der Waals surface area contributed by atoms with Gasteiger partial charge in [0.1, 0.15) is 5.75 Å². The molecule has 2 rings (SSSR count). The van der Waals surface area contributed by atoms with Crippen LogP contribution in [0.2, 0.25) is 10.0 Å². The lowest BCUT2D eigenvalue weighted by atomic mass is 10.2. The van der Waals surface area contributed by atoms with E-state index in [1.807, 2.05) is 0 Å². The van der Waals surface area contributed by atoms with Crippen LogP contribution in [-0.2, 0) is 4.79 Å². The van der Waals surface area contributed by atoms with Gasteiger partial charge in [-0.2, -0.15) is 0 Å². The summed E-state index contributed by atoms with van der Waals surface area (Å²) >= 11 is 11.9. The maximum absolute atomic E-state index is 12.2. The van der Waals surface area contributed by atoms with Gasteiger partial charge in [0.25, 0.3) is 11.8 Å². The highest BCUT2D eigenvalue weighted by Gasteiger charge is 2.11. The predicted octanol–water partition coefficient (Wildman–Crippen LogP) is 3.71. The molecule has 0 heterocycles. The topological polar surface area (TPSA) is 58.6 Å². The molecule has 5 nitrogen and oxygen atoms in total. The second-order valence-corrected chi connectivity index (χ2v) is 6.02. The van der Waals surface area contributed by atoms with E-state index >= 15 is 0 Å². The summed E-state index contributed by atoms with van der Waals surface area (Å²) in [5.74, 6) is 0.0333. The number of halogens is 2. The molecular weight excluding hydrogens is 351 g/mol. The number of nitrogens with zero attached hydrogens (tertiary/aromatic N) is 1. The standard InChI is InChI=1S/C17H16Cl2N2O3/c1-21(2)16(22)10-24-13-6-4-12(5-7-13)20-17(23)14-9-11(18)3-8-15(14)19/h3-9H,10H2,1-2H3,(H,20,23). The zero-order chi connectivity index (χ0) is 17.7. The van der Waals surface area contributed by atoms with Crippen molar-refractivity contribution in [2.75, 3.05) is 26.0 Å². The van der Waals surface area contributed by atoms with E-state index in [-0.39, 0.29) is 18.4 Å². The van der Waals surface area contributed by atoms with Crippen LogP contribution in [0.4, 0.5) is 5.69 Å². The van der Waals surface area contributed by atoms with Crippen molar-refractivity contribution in [3.63, 3.8) is 0 Å². The van der Waals surface area contributed by atoms with Crippen LogP contribution in [0.15, 0.2) is 42.5 Å². The van der Waals surface area contributed by atoms with Gasteiger partial charge in [-0.25, -0.2) is 0 Å². The molecule has 0 saturated heterocycles. The summed E-state index contributed by atoms with van der Waals surface area (Å²) in [6, 6.07) is 11.4. The molecule has 2 aromatic rings. The van der Waals surface area contributed by atoms with Gasteiger partial charge in [0.15, 0.2) is 6.61 Å². The van der Waals surface area contributed by atoms with Crippen LogP contribution >= 0.6 is 23.2 Å². The number of nitrogens with one attached hydrogen (secondary N) is 1. The molecule has 0 saturated carbocycles. The zero-order valence-corrected chi connectivity index (χ0v) is 14.7. The molecule has 0 unspecified atom stereocenters. The Kier molecular flexibility index (Phi) is 6.06. The molecule has 0 aromatic heterocycles. The predicted molar refractivity (Wildman–Crippen MR) is 95.0 cm³/mol. The average molecular weight is 367 g/mol. The number of hydrogen-bond acceptors (Lipinski definition) is 3. The molecule has 0 bridgehead atoms. The maximum Gasteiger partial charge on any atom is 0.259 e. The molecule has 0 aliphatic heterocycles. The number of benzene rings is 2. The highest BCUT2D eigenvalue weighted by molar-refractivity contribution is 6.36. The van der Waals surface area contributed by atoms with Gasteiger partial charge in [-0.3, -0.25) is 9.59 Å². The fourth-order valence-electron chi connectivity index (χ4n) is 1.78. The number of hydrogen-bond donors (Lipinski definition) is 1. The Morgan fingerprint density at radius 2 is 1.75 bits per heavy atom. The fourth-order valence-corrected chi connectivity index (χ4v) is 2.15. The second-order valence-electron chi connectivity index (χ2n) is 5.18. The minimum absolute atomic E-state index is 0.0448. The van der Waals surface area contributed by atoms with Crippen molar-refractivity contribution in [3.8, 4) is 5.75 Å². The number of carbonyl (C=O) groups is 2. The van der Waals surface area contributed by atoms with Crippen molar-refractivity contribution < 1.29 is 14.3 Å². The van der Waals surface area contributed by atoms with Crippen molar-refractivity contribution in [1.82, 2.24) is 4.90 Å². The summed E-state index contributed by atoms with van der Waals surface area (Å²) in [4.78, 5) is 25.1. The van der Waals surface area contributed by atoms with Gasteiger partial charge in [-0.15, -0.1) is 0 Å². The molecule has 2 aromatic carbocycles. The smallest absolute Gasteiger partial charge is 0.259 e. The van der Waals surface area contributed by atoms with E-state index in [2.05, 4.69) is 5.32 Å². The van der Waals surface area contributed by atoms with Crippen molar-refractivity contribution in [2.24, 2.45) is 0 Å². The van der Waals surface area contributed by atoms with Crippen molar-refractivity contribution in [3.05, 3.63) is 58.1 Å². The van der Waals surface area contributed by atoms with Gasteiger partial charge in [0, 0.05) is 24.8 Å². The average Bonchev–Trinajstić information content (AvgIpc) is 2.55. The molecular formula is C17H16Cl2N2O3. The Bertz CT molecular complexity index is 746. The van der Waals surface area contributed by atoms with Crippen LogP contribution in [-0.4, -0.2) is 37.4 Å². The van der Waals surface area contributed by atoms with E-state index in [1.54, 1.807) is 50.5 Å². The number of rotatable bonds is 5. The maximum atomic E-state index is 12.2. The monoisotopic (exact) mass is 366 g/mol. The van der Waals surface area contributed by atoms with Gasteiger partial charge in [-0.05, 0) is 42.5 Å². The number of likely N-dealkylation sites (N-methyl/N-ethyl adjacent to an activating group) is 1. The van der Waals surface area contributed by atoms with Gasteiger partial charge >= 0.3 is 0 Å². The van der Waals surface area contributed by atoms with Gasteiger partial charge in [-0.1, -0.05) is 23.2 Å². The first-order chi connectivity index (χ1) is 11.4. The van der Waals surface area contributed by atoms with Gasteiger partial charge < -0.3 is 15.0 Å². The summed E-state index contributed by atoms with van der Waals surface area (Å²) in [6.07, 6.45) is 0. The Labute approximate surface area is 150 Å². The van der Waals surface area contributed by atoms with E-state index < -0.39 is 0 Å². The third-order valence-electron chi connectivity index (χ3n) is 3.15. The SMILES string of the molecule is CN(C)C(=O)COc1ccc(NC(=O)c2cc(Cl)ccc2Cl)cc1. The zero-order valence-electron chi connectivity index (χ0n) is 13.2. The molecule has 2 amide bonds. The number of anilines is 1. The van der Waals surface area contributed by atoms with Gasteiger partial charge in [0.05, 0.1) is 10.6 Å². The van der Waals surface area contributed by atoms with Crippen molar-refractivity contribution >= 4 is 40.7 Å².